The zero-order valence-corrected chi connectivity index (χ0v) is 50.3. The van der Waals surface area contributed by atoms with Gasteiger partial charge in [0.15, 0.2) is 0 Å². The number of halogens is 6. The fraction of sp³-hybridized carbons (Fsp3) is 0.367. The standard InChI is InChI=1S/C60H64F6N10O12S2/c1-39-51(89(83)47-15-11-41(37-67)12-16-47)35-49(55(79)75(39)45-9-5-7-43(33-45)59(61,62)63)53(77)69-21-25-85-29-31-87-27-23-73-57(81)71-19-3-4-20-72-58(82)74-24-28-88-32-30-86-26-22-70-54(78)50-36-52(90(84)48-17-13-42(38-68)14-18-48)40(2)76(56(50)80)46-10-6-8-44(34-46)60(64,65)66/h5-9,11-18,33-36,46H,3-4,10,19-32H2,1-2H3,(H,69,77)(H,70,78)(H2,71,73,81)(H2,72,74,82). The summed E-state index contributed by atoms with van der Waals surface area (Å²) in [5.41, 5.74) is -4.25. The highest BCUT2D eigenvalue weighted by molar-refractivity contribution is 7.85. The highest BCUT2D eigenvalue weighted by atomic mass is 32.2. The Labute approximate surface area is 517 Å². The van der Waals surface area contributed by atoms with Crippen molar-refractivity contribution in [1.29, 1.82) is 10.5 Å². The minimum absolute atomic E-state index is 0.00218. The molecule has 30 heteroatoms. The number of ether oxygens (including phenoxy) is 4. The number of benzene rings is 3. The lowest BCUT2D eigenvalue weighted by Gasteiger charge is -2.25. The third-order valence-electron chi connectivity index (χ3n) is 13.3. The molecule has 0 saturated carbocycles. The molecule has 480 valence electrons. The topological polar surface area (TPSA) is 303 Å². The third kappa shape index (κ3) is 20.4. The smallest absolute Gasteiger partial charge is 0.377 e. The molecule has 6 rings (SSSR count). The lowest BCUT2D eigenvalue weighted by molar-refractivity contribution is -0.137. The summed E-state index contributed by atoms with van der Waals surface area (Å²) in [6.45, 7) is 4.42. The van der Waals surface area contributed by atoms with Gasteiger partial charge in [-0.3, -0.25) is 23.7 Å². The average Bonchev–Trinajstić information content (AvgIpc) is 0.804. The van der Waals surface area contributed by atoms with Gasteiger partial charge in [0.25, 0.3) is 22.9 Å². The molecule has 90 heavy (non-hydrogen) atoms. The first-order valence-electron chi connectivity index (χ1n) is 27.9. The monoisotopic (exact) mass is 1290 g/mol. The van der Waals surface area contributed by atoms with Crippen molar-refractivity contribution < 1.29 is 72.9 Å². The number of pyridine rings is 2. The van der Waals surface area contributed by atoms with Gasteiger partial charge in [0.05, 0.1) is 125 Å². The third-order valence-corrected chi connectivity index (χ3v) is 16.3. The molecule has 0 aliphatic heterocycles. The van der Waals surface area contributed by atoms with E-state index in [4.69, 9.17) is 18.9 Å². The highest BCUT2D eigenvalue weighted by Gasteiger charge is 2.35. The molecule has 3 aromatic carbocycles. The van der Waals surface area contributed by atoms with E-state index in [0.717, 1.165) is 51.6 Å². The van der Waals surface area contributed by atoms with Gasteiger partial charge in [0, 0.05) is 66.1 Å². The van der Waals surface area contributed by atoms with Crippen LogP contribution < -0.4 is 43.0 Å². The molecule has 0 spiro atoms. The Bertz CT molecular complexity index is 3680. The van der Waals surface area contributed by atoms with Gasteiger partial charge in [-0.25, -0.2) is 18.0 Å². The maximum atomic E-state index is 13.8. The Balaban J connectivity index is 0.788. The second-order valence-electron chi connectivity index (χ2n) is 19.5. The van der Waals surface area contributed by atoms with Crippen LogP contribution in [0.25, 0.3) is 5.69 Å². The van der Waals surface area contributed by atoms with Gasteiger partial charge in [0.1, 0.15) is 11.1 Å². The number of unbranched alkanes of at least 4 members (excludes halogenated alkanes) is 1. The van der Waals surface area contributed by atoms with Crippen LogP contribution in [-0.2, 0) is 46.7 Å². The summed E-state index contributed by atoms with van der Waals surface area (Å²) in [4.78, 5) is 79.1. The molecule has 3 atom stereocenters. The SMILES string of the molecule is Cc1c(S(=O)c2ccc(C#N)cc2)cc(C(=O)NCCOCCOCCNC(=O)NCCCCNC(=O)NCCOCCOCCNC(=O)c2cc(S(=O)c3ccc(C#N)cc3)c(C)n(C3C=C(C(F)(F)F)C=CC3)c2=O)c(=O)n1-c1cccc(C(F)(F)F)c1. The number of carbonyl (C=O) groups excluding carboxylic acids is 4. The molecular weight excluding hydrogens is 1230 g/mol. The summed E-state index contributed by atoms with van der Waals surface area (Å²) in [7, 11) is -4.02. The van der Waals surface area contributed by atoms with E-state index in [2.05, 4.69) is 31.9 Å². The van der Waals surface area contributed by atoms with E-state index in [0.29, 0.717) is 37.1 Å². The van der Waals surface area contributed by atoms with Crippen molar-refractivity contribution in [1.82, 2.24) is 41.0 Å². The molecule has 2 aromatic heterocycles. The van der Waals surface area contributed by atoms with E-state index < -0.39 is 97.3 Å². The van der Waals surface area contributed by atoms with Crippen LogP contribution in [0.15, 0.2) is 138 Å². The number of nitrogens with one attached hydrogen (secondary N) is 6. The summed E-state index contributed by atoms with van der Waals surface area (Å²) >= 11 is 0. The normalized spacial score (nSPS) is 13.7. The van der Waals surface area contributed by atoms with Crippen molar-refractivity contribution in [2.24, 2.45) is 0 Å². The average molecular weight is 1300 g/mol. The van der Waals surface area contributed by atoms with Crippen LogP contribution >= 0.6 is 0 Å². The van der Waals surface area contributed by atoms with Crippen LogP contribution in [0.2, 0.25) is 0 Å². The van der Waals surface area contributed by atoms with Crippen LogP contribution in [-0.4, -0.2) is 140 Å². The number of hydrogen-bond donors (Lipinski definition) is 6. The van der Waals surface area contributed by atoms with E-state index in [-0.39, 0.29) is 122 Å². The number of nitriles is 2. The highest BCUT2D eigenvalue weighted by Crippen LogP contribution is 2.35. The van der Waals surface area contributed by atoms with Crippen molar-refractivity contribution in [3.8, 4) is 17.8 Å². The molecule has 1 aliphatic rings. The lowest BCUT2D eigenvalue weighted by Crippen LogP contribution is -2.39. The molecule has 0 radical (unpaired) electrons. The summed E-state index contributed by atoms with van der Waals surface area (Å²) in [6.07, 6.45) is -5.26. The van der Waals surface area contributed by atoms with Crippen molar-refractivity contribution in [2.45, 2.75) is 71.1 Å². The van der Waals surface area contributed by atoms with Crippen LogP contribution in [0, 0.1) is 36.5 Å². The van der Waals surface area contributed by atoms with E-state index >= 15 is 0 Å². The summed E-state index contributed by atoms with van der Waals surface area (Å²) in [5, 5.41) is 34.1. The van der Waals surface area contributed by atoms with E-state index in [9.17, 15) is 74.1 Å². The van der Waals surface area contributed by atoms with Crippen molar-refractivity contribution >= 4 is 45.5 Å². The first-order chi connectivity index (χ1) is 43.0. The molecule has 5 aromatic rings. The quantitative estimate of drug-likeness (QED) is 0.0210. The summed E-state index contributed by atoms with van der Waals surface area (Å²) < 4.78 is 133. The second kappa shape index (κ2) is 34.3. The molecule has 6 N–H and O–H groups in total. The number of aromatic nitrogens is 2. The molecule has 2 heterocycles. The van der Waals surface area contributed by atoms with Crippen molar-refractivity contribution in [2.75, 3.05) is 92.1 Å². The Morgan fingerprint density at radius 1 is 0.567 bits per heavy atom. The van der Waals surface area contributed by atoms with Gasteiger partial charge in [-0.2, -0.15) is 36.9 Å². The van der Waals surface area contributed by atoms with Crippen LogP contribution in [0.5, 0.6) is 0 Å². The number of nitrogens with zero attached hydrogens (tertiary/aromatic N) is 4. The van der Waals surface area contributed by atoms with E-state index in [1.54, 1.807) is 0 Å². The molecule has 22 nitrogen and oxygen atoms in total. The summed E-state index contributed by atoms with van der Waals surface area (Å²) in [6, 6.07) is 19.6. The Kier molecular flexibility index (Phi) is 26.8. The predicted molar refractivity (Wildman–Crippen MR) is 316 cm³/mol. The predicted octanol–water partition coefficient (Wildman–Crippen LogP) is 6.31. The van der Waals surface area contributed by atoms with Gasteiger partial charge in [-0.05, 0) is 118 Å². The molecule has 0 saturated heterocycles. The number of urea groups is 2. The molecule has 0 bridgehead atoms. The first kappa shape index (κ1) is 70.3. The number of carbonyl (C=O) groups is 4. The van der Waals surface area contributed by atoms with Crippen molar-refractivity contribution in [3.63, 3.8) is 0 Å². The second-order valence-corrected chi connectivity index (χ2v) is 22.4. The van der Waals surface area contributed by atoms with Gasteiger partial charge in [0.2, 0.25) is 0 Å². The molecule has 0 fully saturated rings. The van der Waals surface area contributed by atoms with Gasteiger partial charge in [-0.15, -0.1) is 0 Å². The molecule has 6 amide bonds. The van der Waals surface area contributed by atoms with E-state index in [1.165, 1.54) is 74.5 Å². The Morgan fingerprint density at radius 2 is 1.00 bits per heavy atom. The maximum Gasteiger partial charge on any atom is 0.416 e. The Morgan fingerprint density at radius 3 is 1.44 bits per heavy atom. The lowest BCUT2D eigenvalue weighted by atomic mass is 10.0. The van der Waals surface area contributed by atoms with Gasteiger partial charge >= 0.3 is 24.4 Å². The number of rotatable bonds is 31. The van der Waals surface area contributed by atoms with Crippen molar-refractivity contribution in [3.05, 3.63) is 169 Å². The number of alkyl halides is 6. The molecule has 3 unspecified atom stereocenters. The zero-order valence-electron chi connectivity index (χ0n) is 48.7. The first-order valence-corrected chi connectivity index (χ1v) is 30.2. The van der Waals surface area contributed by atoms with Gasteiger partial charge < -0.3 is 55.4 Å². The maximum absolute atomic E-state index is 13.8. The fourth-order valence-corrected chi connectivity index (χ4v) is 11.2. The Hall–Kier alpha value is -8.78. The minimum Gasteiger partial charge on any atom is -0.377 e. The number of amides is 6. The minimum atomic E-state index is -4.74. The van der Waals surface area contributed by atoms with E-state index in [1.807, 2.05) is 12.1 Å². The molecular formula is C60H64F6N10O12S2. The zero-order chi connectivity index (χ0) is 65.4. The molecule has 1 aliphatic carbocycles. The number of hydrogen-bond acceptors (Lipinski definition) is 14. The fourth-order valence-electron chi connectivity index (χ4n) is 8.77. The summed E-state index contributed by atoms with van der Waals surface area (Å²) in [5.74, 6) is -1.75. The van der Waals surface area contributed by atoms with Crippen LogP contribution in [0.1, 0.15) is 74.1 Å². The van der Waals surface area contributed by atoms with Crippen LogP contribution in [0.4, 0.5) is 35.9 Å². The van der Waals surface area contributed by atoms with Gasteiger partial charge in [-0.1, -0.05) is 18.2 Å². The number of allylic oxidation sites excluding steroid dienone is 4. The largest absolute Gasteiger partial charge is 0.416 e. The van der Waals surface area contributed by atoms with Crippen LogP contribution in [0.3, 0.4) is 0 Å².